The van der Waals surface area contributed by atoms with Gasteiger partial charge in [0.1, 0.15) is 0 Å². The highest BCUT2D eigenvalue weighted by Gasteiger charge is 2.17. The van der Waals surface area contributed by atoms with Crippen molar-refractivity contribution in [2.45, 2.75) is 31.6 Å². The molecule has 8 nitrogen and oxygen atoms in total. The molecule has 9 heteroatoms. The lowest BCUT2D eigenvalue weighted by Gasteiger charge is -2.09. The number of nitrogens with one attached hydrogen (secondary N) is 2. The summed E-state index contributed by atoms with van der Waals surface area (Å²) in [6.45, 7) is 4.13. The number of nitro benzene ring substituents is 1. The fourth-order valence-electron chi connectivity index (χ4n) is 2.70. The van der Waals surface area contributed by atoms with Crippen LogP contribution in [0.15, 0.2) is 47.4 Å². The number of rotatable bonds is 9. The van der Waals surface area contributed by atoms with Gasteiger partial charge < -0.3 is 5.32 Å². The van der Waals surface area contributed by atoms with Crippen LogP contribution >= 0.6 is 0 Å². The molecule has 0 heterocycles. The van der Waals surface area contributed by atoms with Crippen LogP contribution in [0.5, 0.6) is 0 Å². The summed E-state index contributed by atoms with van der Waals surface area (Å²) < 4.78 is 26.7. The minimum absolute atomic E-state index is 0.0136. The third-order valence-corrected chi connectivity index (χ3v) is 5.66. The SMILES string of the molecule is Cc1ccc(CCC(=O)NCCNS(=O)(=O)c2cccc([N+](=O)[O-])c2)c(C)c1. The molecule has 0 aliphatic rings. The molecule has 1 amide bonds. The van der Waals surface area contributed by atoms with Gasteiger partial charge in [-0.1, -0.05) is 29.8 Å². The van der Waals surface area contributed by atoms with Crippen molar-refractivity contribution in [3.8, 4) is 0 Å². The van der Waals surface area contributed by atoms with E-state index in [1.807, 2.05) is 26.0 Å². The Balaban J connectivity index is 1.79. The molecule has 2 rings (SSSR count). The average molecular weight is 405 g/mol. The number of nitrogens with zero attached hydrogens (tertiary/aromatic N) is 1. The van der Waals surface area contributed by atoms with Gasteiger partial charge in [-0.15, -0.1) is 0 Å². The first-order valence-electron chi connectivity index (χ1n) is 8.76. The van der Waals surface area contributed by atoms with Gasteiger partial charge in [0.25, 0.3) is 5.69 Å². The summed E-state index contributed by atoms with van der Waals surface area (Å²) in [5.41, 5.74) is 3.11. The maximum Gasteiger partial charge on any atom is 0.270 e. The molecular weight excluding hydrogens is 382 g/mol. The second-order valence-electron chi connectivity index (χ2n) is 6.43. The summed E-state index contributed by atoms with van der Waals surface area (Å²) in [6.07, 6.45) is 0.916. The molecule has 0 aromatic heterocycles. The fourth-order valence-corrected chi connectivity index (χ4v) is 3.77. The quantitative estimate of drug-likeness (QED) is 0.377. The Bertz CT molecular complexity index is 973. The van der Waals surface area contributed by atoms with Gasteiger partial charge in [0, 0.05) is 31.6 Å². The summed E-state index contributed by atoms with van der Waals surface area (Å²) in [7, 11) is -3.88. The number of nitro groups is 1. The van der Waals surface area contributed by atoms with E-state index in [0.29, 0.717) is 12.8 Å². The van der Waals surface area contributed by atoms with Gasteiger partial charge in [-0.2, -0.15) is 0 Å². The lowest BCUT2D eigenvalue weighted by Crippen LogP contribution is -2.34. The van der Waals surface area contributed by atoms with Crippen molar-refractivity contribution < 1.29 is 18.1 Å². The van der Waals surface area contributed by atoms with Gasteiger partial charge in [0.15, 0.2) is 0 Å². The van der Waals surface area contributed by atoms with E-state index in [9.17, 15) is 23.3 Å². The van der Waals surface area contributed by atoms with Crippen LogP contribution in [0.1, 0.15) is 23.1 Å². The van der Waals surface area contributed by atoms with E-state index >= 15 is 0 Å². The zero-order valence-electron chi connectivity index (χ0n) is 15.8. The van der Waals surface area contributed by atoms with Gasteiger partial charge >= 0.3 is 0 Å². The minimum Gasteiger partial charge on any atom is -0.355 e. The third-order valence-electron chi connectivity index (χ3n) is 4.20. The highest BCUT2D eigenvalue weighted by atomic mass is 32.2. The largest absolute Gasteiger partial charge is 0.355 e. The molecule has 0 fully saturated rings. The highest BCUT2D eigenvalue weighted by molar-refractivity contribution is 7.89. The van der Waals surface area contributed by atoms with Gasteiger partial charge in [0.05, 0.1) is 9.82 Å². The summed E-state index contributed by atoms with van der Waals surface area (Å²) in [4.78, 5) is 21.9. The second kappa shape index (κ2) is 9.43. The van der Waals surface area contributed by atoms with E-state index in [4.69, 9.17) is 0 Å². The minimum atomic E-state index is -3.88. The number of aryl methyl sites for hydroxylation is 3. The maximum absolute atomic E-state index is 12.2. The number of non-ortho nitro benzene ring substituents is 1. The van der Waals surface area contributed by atoms with E-state index in [0.717, 1.165) is 17.2 Å². The lowest BCUT2D eigenvalue weighted by molar-refractivity contribution is -0.385. The monoisotopic (exact) mass is 405 g/mol. The van der Waals surface area contributed by atoms with Gasteiger partial charge in [-0.3, -0.25) is 14.9 Å². The molecule has 0 bridgehead atoms. The van der Waals surface area contributed by atoms with E-state index < -0.39 is 14.9 Å². The standard InChI is InChI=1S/C19H23N3O5S/c1-14-6-7-16(15(2)12-14)8-9-19(23)20-10-11-21-28(26,27)18-5-3-4-17(13-18)22(24)25/h3-7,12-13,21H,8-11H2,1-2H3,(H,20,23). The molecule has 2 aromatic rings. The Morgan fingerprint density at radius 1 is 1.11 bits per heavy atom. The molecule has 0 aliphatic carbocycles. The molecule has 0 spiro atoms. The smallest absolute Gasteiger partial charge is 0.270 e. The Labute approximate surface area is 164 Å². The van der Waals surface area contributed by atoms with Crippen LogP contribution in [0.2, 0.25) is 0 Å². The first kappa shape index (κ1) is 21.5. The molecule has 0 saturated heterocycles. The van der Waals surface area contributed by atoms with Crippen LogP contribution in [-0.4, -0.2) is 32.3 Å². The van der Waals surface area contributed by atoms with Crippen molar-refractivity contribution in [2.24, 2.45) is 0 Å². The predicted molar refractivity (Wildman–Crippen MR) is 106 cm³/mol. The van der Waals surface area contributed by atoms with Gasteiger partial charge in [0.2, 0.25) is 15.9 Å². The molecule has 2 aromatic carbocycles. The fraction of sp³-hybridized carbons (Fsp3) is 0.316. The van der Waals surface area contributed by atoms with Crippen molar-refractivity contribution in [3.63, 3.8) is 0 Å². The summed E-state index contributed by atoms with van der Waals surface area (Å²) in [5, 5.41) is 13.4. The van der Waals surface area contributed by atoms with Crippen molar-refractivity contribution in [1.82, 2.24) is 10.0 Å². The number of carbonyl (C=O) groups excluding carboxylic acids is 1. The Hall–Kier alpha value is -2.78. The molecule has 150 valence electrons. The molecule has 0 saturated carbocycles. The second-order valence-corrected chi connectivity index (χ2v) is 8.20. The molecule has 0 aliphatic heterocycles. The van der Waals surface area contributed by atoms with Crippen LogP contribution in [0.4, 0.5) is 5.69 Å². The van der Waals surface area contributed by atoms with Crippen molar-refractivity contribution in [2.75, 3.05) is 13.1 Å². The summed E-state index contributed by atoms with van der Waals surface area (Å²) >= 11 is 0. The molecule has 0 atom stereocenters. The molecule has 0 unspecified atom stereocenters. The van der Waals surface area contributed by atoms with E-state index in [2.05, 4.69) is 16.1 Å². The maximum atomic E-state index is 12.2. The molecule has 2 N–H and O–H groups in total. The number of sulfonamides is 1. The first-order valence-corrected chi connectivity index (χ1v) is 10.2. The van der Waals surface area contributed by atoms with Crippen LogP contribution < -0.4 is 10.0 Å². The normalized spacial score (nSPS) is 11.2. The van der Waals surface area contributed by atoms with Crippen molar-refractivity contribution in [1.29, 1.82) is 0 Å². The summed E-state index contributed by atoms with van der Waals surface area (Å²) in [5.74, 6) is -0.172. The molecular formula is C19H23N3O5S. The van der Waals surface area contributed by atoms with E-state index in [1.165, 1.54) is 23.8 Å². The molecule has 0 radical (unpaired) electrons. The van der Waals surface area contributed by atoms with Crippen LogP contribution in [0, 0.1) is 24.0 Å². The predicted octanol–water partition coefficient (Wildman–Crippen LogP) is 2.24. The van der Waals surface area contributed by atoms with Crippen molar-refractivity contribution in [3.05, 3.63) is 69.3 Å². The summed E-state index contributed by atoms with van der Waals surface area (Å²) in [6, 6.07) is 10.9. The van der Waals surface area contributed by atoms with Gasteiger partial charge in [-0.05, 0) is 37.5 Å². The Morgan fingerprint density at radius 3 is 2.54 bits per heavy atom. The van der Waals surface area contributed by atoms with Crippen LogP contribution in [0.3, 0.4) is 0 Å². The average Bonchev–Trinajstić information content (AvgIpc) is 2.64. The highest BCUT2D eigenvalue weighted by Crippen LogP contribution is 2.17. The van der Waals surface area contributed by atoms with E-state index in [1.54, 1.807) is 0 Å². The van der Waals surface area contributed by atoms with Gasteiger partial charge in [-0.25, -0.2) is 13.1 Å². The molecule has 28 heavy (non-hydrogen) atoms. The number of benzene rings is 2. The van der Waals surface area contributed by atoms with Crippen LogP contribution in [0.25, 0.3) is 0 Å². The number of amides is 1. The van der Waals surface area contributed by atoms with Crippen LogP contribution in [-0.2, 0) is 21.2 Å². The van der Waals surface area contributed by atoms with Crippen molar-refractivity contribution >= 4 is 21.6 Å². The topological polar surface area (TPSA) is 118 Å². The Morgan fingerprint density at radius 2 is 1.86 bits per heavy atom. The van der Waals surface area contributed by atoms with E-state index in [-0.39, 0.29) is 29.6 Å². The zero-order valence-corrected chi connectivity index (χ0v) is 16.6. The first-order chi connectivity index (χ1) is 13.2. The lowest BCUT2D eigenvalue weighted by atomic mass is 10.0. The number of carbonyl (C=O) groups is 1. The third kappa shape index (κ3) is 6.14. The number of hydrogen-bond acceptors (Lipinski definition) is 5. The zero-order chi connectivity index (χ0) is 20.7. The Kier molecular flexibility index (Phi) is 7.24. The number of hydrogen-bond donors (Lipinski definition) is 2.